The summed E-state index contributed by atoms with van der Waals surface area (Å²) in [6, 6.07) is 4.24. The predicted octanol–water partition coefficient (Wildman–Crippen LogP) is 2.32. The summed E-state index contributed by atoms with van der Waals surface area (Å²) in [5.41, 5.74) is 0. The monoisotopic (exact) mass is 446 g/mol. The average molecular weight is 447 g/mol. The van der Waals surface area contributed by atoms with Crippen LogP contribution >= 0.6 is 23.1 Å². The highest BCUT2D eigenvalue weighted by atomic mass is 32.2. The van der Waals surface area contributed by atoms with E-state index in [1.54, 1.807) is 11.8 Å². The molecule has 0 bridgehead atoms. The molecule has 1 aromatic heterocycles. The first kappa shape index (κ1) is 22.4. The third-order valence-electron chi connectivity index (χ3n) is 3.51. The molecule has 1 heterocycles. The van der Waals surface area contributed by atoms with Gasteiger partial charge in [-0.1, -0.05) is 30.0 Å². The Morgan fingerprint density at radius 2 is 1.96 bits per heavy atom. The van der Waals surface area contributed by atoms with E-state index >= 15 is 0 Å². The Labute approximate surface area is 172 Å². The van der Waals surface area contributed by atoms with Gasteiger partial charge in [0.1, 0.15) is 0 Å². The number of benzene rings is 1. The molecule has 0 aliphatic heterocycles. The molecule has 0 spiro atoms. The number of nitrogens with zero attached hydrogens (tertiary/aromatic N) is 3. The number of ether oxygens (including phenoxy) is 2. The summed E-state index contributed by atoms with van der Waals surface area (Å²) in [7, 11) is 0.315. The first-order chi connectivity index (χ1) is 13.3. The van der Waals surface area contributed by atoms with Crippen molar-refractivity contribution in [2.45, 2.75) is 22.6 Å². The molecule has 2 rings (SSSR count). The fourth-order valence-corrected chi connectivity index (χ4v) is 4.95. The van der Waals surface area contributed by atoms with Crippen molar-refractivity contribution in [1.82, 2.24) is 14.5 Å². The fraction of sp³-hybridized carbons (Fsp3) is 0.438. The summed E-state index contributed by atoms with van der Waals surface area (Å²) in [6.45, 7) is 1.69. The zero-order valence-electron chi connectivity index (χ0n) is 16.0. The van der Waals surface area contributed by atoms with Crippen LogP contribution in [0.3, 0.4) is 0 Å². The zero-order chi connectivity index (χ0) is 20.7. The van der Waals surface area contributed by atoms with E-state index in [1.165, 1.54) is 50.8 Å². The number of anilines is 1. The number of hydrogen-bond donors (Lipinski definition) is 1. The van der Waals surface area contributed by atoms with Gasteiger partial charge in [-0.15, -0.1) is 10.2 Å². The maximum Gasteiger partial charge on any atom is 0.243 e. The van der Waals surface area contributed by atoms with Gasteiger partial charge >= 0.3 is 0 Å². The summed E-state index contributed by atoms with van der Waals surface area (Å²) < 4.78 is 37.4. The van der Waals surface area contributed by atoms with Crippen LogP contribution in [0, 0.1) is 0 Å². The van der Waals surface area contributed by atoms with Crippen molar-refractivity contribution in [3.8, 4) is 11.5 Å². The molecule has 0 atom stereocenters. The van der Waals surface area contributed by atoms with E-state index in [-0.39, 0.29) is 17.2 Å². The molecular formula is C16H22N4O5S3. The molecule has 0 aliphatic carbocycles. The van der Waals surface area contributed by atoms with Gasteiger partial charge in [0.2, 0.25) is 21.1 Å². The molecule has 2 aromatic rings. The minimum absolute atomic E-state index is 0.00498. The lowest BCUT2D eigenvalue weighted by Gasteiger charge is -2.17. The summed E-state index contributed by atoms with van der Waals surface area (Å²) in [4.78, 5) is 12.2. The minimum Gasteiger partial charge on any atom is -0.493 e. The number of carbonyl (C=O) groups excluding carboxylic acids is 1. The molecule has 0 fully saturated rings. The van der Waals surface area contributed by atoms with Gasteiger partial charge in [0.15, 0.2) is 15.8 Å². The van der Waals surface area contributed by atoms with Gasteiger partial charge in [0, 0.05) is 18.9 Å². The van der Waals surface area contributed by atoms with Gasteiger partial charge < -0.3 is 9.47 Å². The second kappa shape index (κ2) is 10.0. The lowest BCUT2D eigenvalue weighted by Crippen LogP contribution is -2.35. The molecule has 0 unspecified atom stereocenters. The van der Waals surface area contributed by atoms with Crippen LogP contribution in [0.25, 0.3) is 0 Å². The first-order valence-corrected chi connectivity index (χ1v) is 11.5. The number of carbonyl (C=O) groups is 1. The van der Waals surface area contributed by atoms with E-state index in [9.17, 15) is 13.2 Å². The number of aromatic nitrogens is 2. The first-order valence-electron chi connectivity index (χ1n) is 8.26. The molecule has 0 radical (unpaired) electrons. The lowest BCUT2D eigenvalue weighted by molar-refractivity contribution is -0.116. The number of likely N-dealkylation sites (N-methyl/N-ethyl adjacent to an activating group) is 1. The van der Waals surface area contributed by atoms with Crippen LogP contribution in [0.1, 0.15) is 13.3 Å². The maximum atomic E-state index is 12.7. The van der Waals surface area contributed by atoms with Crippen LogP contribution in [0.5, 0.6) is 11.5 Å². The molecule has 0 saturated carbocycles. The highest BCUT2D eigenvalue weighted by molar-refractivity contribution is 8.01. The highest BCUT2D eigenvalue weighted by Crippen LogP contribution is 2.30. The van der Waals surface area contributed by atoms with Crippen LogP contribution < -0.4 is 14.8 Å². The average Bonchev–Trinajstić information content (AvgIpc) is 3.12. The Balaban J connectivity index is 2.05. The number of hydrogen-bond acceptors (Lipinski definition) is 9. The normalized spacial score (nSPS) is 11.5. The third kappa shape index (κ3) is 5.56. The standard InChI is InChI=1S/C16H22N4O5S3/c1-5-8-26-16-19-18-15(27-16)17-14(21)10-20(2)28(22,23)11-6-7-12(24-3)13(9-11)25-4/h6-7,9H,5,8,10H2,1-4H3,(H,17,18,21). The Morgan fingerprint density at radius 3 is 2.61 bits per heavy atom. The lowest BCUT2D eigenvalue weighted by atomic mass is 10.3. The number of rotatable bonds is 10. The quantitative estimate of drug-likeness (QED) is 0.437. The van der Waals surface area contributed by atoms with Crippen molar-refractivity contribution in [2.75, 3.05) is 38.9 Å². The molecule has 12 heteroatoms. The third-order valence-corrected chi connectivity index (χ3v) is 7.49. The van der Waals surface area contributed by atoms with Crippen molar-refractivity contribution in [3.05, 3.63) is 18.2 Å². The van der Waals surface area contributed by atoms with Crippen LogP contribution in [0.4, 0.5) is 5.13 Å². The number of nitrogens with one attached hydrogen (secondary N) is 1. The smallest absolute Gasteiger partial charge is 0.243 e. The molecule has 1 aromatic carbocycles. The van der Waals surface area contributed by atoms with E-state index in [0.29, 0.717) is 10.9 Å². The Bertz CT molecular complexity index is 917. The molecule has 0 aliphatic rings. The Hall–Kier alpha value is -1.89. The largest absolute Gasteiger partial charge is 0.493 e. The molecule has 28 heavy (non-hydrogen) atoms. The van der Waals surface area contributed by atoms with Crippen LogP contribution in [0.15, 0.2) is 27.4 Å². The van der Waals surface area contributed by atoms with Gasteiger partial charge in [0.25, 0.3) is 0 Å². The second-order valence-electron chi connectivity index (χ2n) is 5.55. The van der Waals surface area contributed by atoms with Gasteiger partial charge in [-0.25, -0.2) is 8.42 Å². The van der Waals surface area contributed by atoms with E-state index in [0.717, 1.165) is 20.8 Å². The molecule has 1 amide bonds. The summed E-state index contributed by atoms with van der Waals surface area (Å²) in [5, 5.41) is 10.8. The summed E-state index contributed by atoms with van der Waals surface area (Å²) in [6.07, 6.45) is 1.00. The second-order valence-corrected chi connectivity index (χ2v) is 9.91. The highest BCUT2D eigenvalue weighted by Gasteiger charge is 2.25. The topological polar surface area (TPSA) is 111 Å². The van der Waals surface area contributed by atoms with Crippen molar-refractivity contribution in [1.29, 1.82) is 0 Å². The van der Waals surface area contributed by atoms with Crippen molar-refractivity contribution in [2.24, 2.45) is 0 Å². The molecular weight excluding hydrogens is 424 g/mol. The zero-order valence-corrected chi connectivity index (χ0v) is 18.4. The predicted molar refractivity (Wildman–Crippen MR) is 109 cm³/mol. The van der Waals surface area contributed by atoms with Crippen LogP contribution in [-0.4, -0.2) is 62.4 Å². The van der Waals surface area contributed by atoms with Gasteiger partial charge in [-0.05, 0) is 18.6 Å². The van der Waals surface area contributed by atoms with E-state index in [4.69, 9.17) is 9.47 Å². The van der Waals surface area contributed by atoms with E-state index in [2.05, 4.69) is 22.4 Å². The van der Waals surface area contributed by atoms with Crippen LogP contribution in [0.2, 0.25) is 0 Å². The molecule has 0 saturated heterocycles. The number of amides is 1. The van der Waals surface area contributed by atoms with E-state index < -0.39 is 15.9 Å². The number of thioether (sulfide) groups is 1. The summed E-state index contributed by atoms with van der Waals surface area (Å²) in [5.74, 6) is 1.10. The van der Waals surface area contributed by atoms with Gasteiger partial charge in [-0.2, -0.15) is 4.31 Å². The van der Waals surface area contributed by atoms with Gasteiger partial charge in [-0.3, -0.25) is 10.1 Å². The van der Waals surface area contributed by atoms with Crippen molar-refractivity contribution in [3.63, 3.8) is 0 Å². The number of sulfonamides is 1. The fourth-order valence-electron chi connectivity index (χ4n) is 2.11. The van der Waals surface area contributed by atoms with Crippen molar-refractivity contribution >= 4 is 44.2 Å². The Kier molecular flexibility index (Phi) is 8.04. The van der Waals surface area contributed by atoms with E-state index in [1.807, 2.05) is 0 Å². The molecule has 1 N–H and O–H groups in total. The van der Waals surface area contributed by atoms with Crippen molar-refractivity contribution < 1.29 is 22.7 Å². The van der Waals surface area contributed by atoms with Crippen LogP contribution in [-0.2, 0) is 14.8 Å². The number of methoxy groups -OCH3 is 2. The molecule has 154 valence electrons. The SMILES string of the molecule is CCCSc1nnc(NC(=O)CN(C)S(=O)(=O)c2ccc(OC)c(OC)c2)s1. The van der Waals surface area contributed by atoms with Gasteiger partial charge in [0.05, 0.1) is 25.7 Å². The minimum atomic E-state index is -3.89. The Morgan fingerprint density at radius 1 is 1.25 bits per heavy atom. The summed E-state index contributed by atoms with van der Waals surface area (Å²) >= 11 is 2.81. The molecule has 9 nitrogen and oxygen atoms in total. The maximum absolute atomic E-state index is 12.7.